The van der Waals surface area contributed by atoms with E-state index in [0.717, 1.165) is 44.8 Å². The van der Waals surface area contributed by atoms with Gasteiger partial charge in [-0.25, -0.2) is 9.97 Å². The van der Waals surface area contributed by atoms with Crippen LogP contribution in [0.4, 0.5) is 0 Å². The number of benzene rings is 1. The molecule has 134 valence electrons. The highest BCUT2D eigenvalue weighted by Crippen LogP contribution is 2.14. The molecule has 6 nitrogen and oxygen atoms in total. The van der Waals surface area contributed by atoms with Crippen LogP contribution in [0.15, 0.2) is 53.9 Å². The van der Waals surface area contributed by atoms with Gasteiger partial charge in [-0.15, -0.1) is 11.3 Å². The van der Waals surface area contributed by atoms with Crippen molar-refractivity contribution in [2.45, 2.75) is 13.0 Å². The van der Waals surface area contributed by atoms with Crippen molar-refractivity contribution in [3.8, 4) is 5.69 Å². The third-order valence-corrected chi connectivity index (χ3v) is 5.26. The summed E-state index contributed by atoms with van der Waals surface area (Å²) in [6, 6.07) is 8.57. The van der Waals surface area contributed by atoms with Crippen molar-refractivity contribution in [3.63, 3.8) is 0 Å². The van der Waals surface area contributed by atoms with Gasteiger partial charge in [-0.1, -0.05) is 12.1 Å². The van der Waals surface area contributed by atoms with Crippen LogP contribution >= 0.6 is 11.3 Å². The summed E-state index contributed by atoms with van der Waals surface area (Å²) in [5.41, 5.74) is 4.68. The third kappa shape index (κ3) is 3.84. The van der Waals surface area contributed by atoms with E-state index in [1.807, 2.05) is 21.0 Å². The summed E-state index contributed by atoms with van der Waals surface area (Å²) < 4.78 is 2.00. The first-order chi connectivity index (χ1) is 12.8. The van der Waals surface area contributed by atoms with Crippen LogP contribution in [0.25, 0.3) is 5.69 Å². The number of hydrogen-bond acceptors (Lipinski definition) is 5. The van der Waals surface area contributed by atoms with Gasteiger partial charge < -0.3 is 9.47 Å². The molecule has 7 heteroatoms. The largest absolute Gasteiger partial charge is 0.336 e. The highest BCUT2D eigenvalue weighted by Gasteiger charge is 2.21. The Balaban J connectivity index is 1.35. The van der Waals surface area contributed by atoms with E-state index in [1.165, 1.54) is 16.9 Å². The van der Waals surface area contributed by atoms with Crippen LogP contribution in [-0.2, 0) is 6.54 Å². The van der Waals surface area contributed by atoms with E-state index in [0.29, 0.717) is 5.69 Å². The van der Waals surface area contributed by atoms with Gasteiger partial charge in [0.05, 0.1) is 11.8 Å². The molecule has 0 aliphatic carbocycles. The Bertz CT molecular complexity index is 829. The van der Waals surface area contributed by atoms with Crippen molar-refractivity contribution < 1.29 is 4.79 Å². The van der Waals surface area contributed by atoms with Crippen LogP contribution in [0.2, 0.25) is 0 Å². The fourth-order valence-corrected chi connectivity index (χ4v) is 3.78. The zero-order chi connectivity index (χ0) is 17.8. The first-order valence-electron chi connectivity index (χ1n) is 8.77. The Kier molecular flexibility index (Phi) is 5.08. The van der Waals surface area contributed by atoms with E-state index in [9.17, 15) is 4.79 Å². The van der Waals surface area contributed by atoms with Gasteiger partial charge in [-0.2, -0.15) is 0 Å². The van der Waals surface area contributed by atoms with E-state index >= 15 is 0 Å². The summed E-state index contributed by atoms with van der Waals surface area (Å²) in [5.74, 6) is 0.0535. The number of imidazole rings is 1. The van der Waals surface area contributed by atoms with Crippen molar-refractivity contribution in [2.24, 2.45) is 0 Å². The maximum Gasteiger partial charge on any atom is 0.273 e. The second-order valence-electron chi connectivity index (χ2n) is 6.43. The quantitative estimate of drug-likeness (QED) is 0.711. The van der Waals surface area contributed by atoms with E-state index in [4.69, 9.17) is 0 Å². The van der Waals surface area contributed by atoms with Crippen molar-refractivity contribution >= 4 is 17.2 Å². The monoisotopic (exact) mass is 367 g/mol. The average molecular weight is 367 g/mol. The first kappa shape index (κ1) is 16.9. The zero-order valence-electron chi connectivity index (χ0n) is 14.5. The number of carbonyl (C=O) groups excluding carboxylic acids is 1. The fraction of sp³-hybridized carbons (Fsp3) is 0.316. The minimum atomic E-state index is 0.0535. The van der Waals surface area contributed by atoms with Gasteiger partial charge in [0.15, 0.2) is 0 Å². The second-order valence-corrected chi connectivity index (χ2v) is 7.15. The molecule has 1 aliphatic rings. The Labute approximate surface area is 156 Å². The standard InChI is InChI=1S/C19H21N5OS/c25-19(18-13-26-15-21-18)23-8-1-7-22(10-11-23)12-16-2-4-17(5-3-16)24-9-6-20-14-24/h2-6,9,13-15H,1,7-8,10-12H2. The van der Waals surface area contributed by atoms with Gasteiger partial charge in [0.2, 0.25) is 0 Å². The van der Waals surface area contributed by atoms with E-state index in [2.05, 4.69) is 39.1 Å². The average Bonchev–Trinajstić information content (AvgIpc) is 3.34. The van der Waals surface area contributed by atoms with Crippen LogP contribution < -0.4 is 0 Å². The number of thiazole rings is 1. The zero-order valence-corrected chi connectivity index (χ0v) is 15.3. The molecular formula is C19H21N5OS. The highest BCUT2D eigenvalue weighted by atomic mass is 32.1. The fourth-order valence-electron chi connectivity index (χ4n) is 3.26. The lowest BCUT2D eigenvalue weighted by atomic mass is 10.2. The Morgan fingerprint density at radius 2 is 2.00 bits per heavy atom. The van der Waals surface area contributed by atoms with Gasteiger partial charge in [0.1, 0.15) is 5.69 Å². The van der Waals surface area contributed by atoms with Gasteiger partial charge in [0, 0.05) is 56.2 Å². The number of nitrogens with zero attached hydrogens (tertiary/aromatic N) is 5. The third-order valence-electron chi connectivity index (χ3n) is 4.67. The van der Waals surface area contributed by atoms with Crippen molar-refractivity contribution in [1.82, 2.24) is 24.3 Å². The molecule has 0 unspecified atom stereocenters. The summed E-state index contributed by atoms with van der Waals surface area (Å²) in [7, 11) is 0. The summed E-state index contributed by atoms with van der Waals surface area (Å²) in [6.07, 6.45) is 6.52. The topological polar surface area (TPSA) is 54.3 Å². The summed E-state index contributed by atoms with van der Waals surface area (Å²) in [4.78, 5) is 25.0. The highest BCUT2D eigenvalue weighted by molar-refractivity contribution is 7.07. The van der Waals surface area contributed by atoms with Crippen molar-refractivity contribution in [3.05, 3.63) is 65.1 Å². The van der Waals surface area contributed by atoms with E-state index < -0.39 is 0 Å². The molecule has 3 aromatic rings. The molecule has 0 spiro atoms. The van der Waals surface area contributed by atoms with Crippen LogP contribution in [0.5, 0.6) is 0 Å². The SMILES string of the molecule is O=C(c1cscn1)N1CCCN(Cc2ccc(-n3ccnc3)cc2)CC1. The molecule has 1 fully saturated rings. The summed E-state index contributed by atoms with van der Waals surface area (Å²) >= 11 is 1.46. The predicted molar refractivity (Wildman–Crippen MR) is 101 cm³/mol. The molecule has 0 atom stereocenters. The molecule has 2 aromatic heterocycles. The minimum absolute atomic E-state index is 0.0535. The molecule has 3 heterocycles. The molecule has 1 saturated heterocycles. The van der Waals surface area contributed by atoms with Crippen molar-refractivity contribution in [2.75, 3.05) is 26.2 Å². The van der Waals surface area contributed by atoms with Crippen LogP contribution in [0.3, 0.4) is 0 Å². The van der Waals surface area contributed by atoms with Gasteiger partial charge in [-0.3, -0.25) is 9.69 Å². The molecule has 1 aromatic carbocycles. The maximum atomic E-state index is 12.5. The number of hydrogen-bond donors (Lipinski definition) is 0. The summed E-state index contributed by atoms with van der Waals surface area (Å²) in [5, 5.41) is 1.83. The van der Waals surface area contributed by atoms with Gasteiger partial charge in [0.25, 0.3) is 5.91 Å². The van der Waals surface area contributed by atoms with Crippen LogP contribution in [0, 0.1) is 0 Å². The lowest BCUT2D eigenvalue weighted by Crippen LogP contribution is -2.35. The lowest BCUT2D eigenvalue weighted by molar-refractivity contribution is 0.0756. The minimum Gasteiger partial charge on any atom is -0.336 e. The maximum absolute atomic E-state index is 12.5. The molecule has 4 rings (SSSR count). The number of rotatable bonds is 4. The molecule has 26 heavy (non-hydrogen) atoms. The normalized spacial score (nSPS) is 15.8. The molecule has 0 N–H and O–H groups in total. The first-order valence-corrected chi connectivity index (χ1v) is 9.71. The molecular weight excluding hydrogens is 346 g/mol. The molecule has 0 radical (unpaired) electrons. The smallest absolute Gasteiger partial charge is 0.273 e. The molecule has 0 bridgehead atoms. The summed E-state index contributed by atoms with van der Waals surface area (Å²) in [6.45, 7) is 4.35. The predicted octanol–water partition coefficient (Wildman–Crippen LogP) is 2.68. The number of carbonyl (C=O) groups is 1. The number of amides is 1. The Morgan fingerprint density at radius 3 is 2.73 bits per heavy atom. The van der Waals surface area contributed by atoms with Crippen LogP contribution in [-0.4, -0.2) is 56.4 Å². The molecule has 0 saturated carbocycles. The Hall–Kier alpha value is -2.51. The van der Waals surface area contributed by atoms with Crippen molar-refractivity contribution in [1.29, 1.82) is 0 Å². The molecule has 1 aliphatic heterocycles. The van der Waals surface area contributed by atoms with Crippen LogP contribution in [0.1, 0.15) is 22.5 Å². The lowest BCUT2D eigenvalue weighted by Gasteiger charge is -2.21. The second kappa shape index (κ2) is 7.80. The van der Waals surface area contributed by atoms with Gasteiger partial charge >= 0.3 is 0 Å². The van der Waals surface area contributed by atoms with E-state index in [1.54, 1.807) is 18.0 Å². The van der Waals surface area contributed by atoms with E-state index in [-0.39, 0.29) is 5.91 Å². The number of aromatic nitrogens is 3. The van der Waals surface area contributed by atoms with Gasteiger partial charge in [-0.05, 0) is 24.1 Å². The Morgan fingerprint density at radius 1 is 1.12 bits per heavy atom. The molecule has 1 amide bonds.